The smallest absolute Gasteiger partial charge is 0.416 e. The quantitative estimate of drug-likeness (QED) is 0.604. The van der Waals surface area contributed by atoms with Crippen molar-refractivity contribution in [2.75, 3.05) is 0 Å². The molecule has 2 N–H and O–H groups in total. The highest BCUT2D eigenvalue weighted by molar-refractivity contribution is 5.91. The van der Waals surface area contributed by atoms with Crippen LogP contribution in [0.1, 0.15) is 32.7 Å². The van der Waals surface area contributed by atoms with Crippen molar-refractivity contribution in [1.29, 1.82) is 0 Å². The summed E-state index contributed by atoms with van der Waals surface area (Å²) in [7, 11) is 0. The number of carbonyl (C=O) groups is 2. The molecule has 1 aliphatic carbocycles. The molecule has 1 aliphatic rings. The standard InChI is InChI=1S/C24H17F3N2O3/c25-24(26,27)18-7-1-14(2-8-18)11-22(30)29-21-10-9-20-19(21)12-17(13-28-20)15-3-5-16(6-4-15)23(31)32/h1-8,10,12-13H,9,11H2,(H,29,30)(H,31,32). The second kappa shape index (κ2) is 8.30. The van der Waals surface area contributed by atoms with Gasteiger partial charge in [0.15, 0.2) is 0 Å². The minimum Gasteiger partial charge on any atom is -0.478 e. The van der Waals surface area contributed by atoms with Gasteiger partial charge in [0.1, 0.15) is 0 Å². The summed E-state index contributed by atoms with van der Waals surface area (Å²) in [6.45, 7) is 0. The Morgan fingerprint density at radius 3 is 2.31 bits per heavy atom. The maximum Gasteiger partial charge on any atom is 0.416 e. The number of nitrogens with zero attached hydrogens (tertiary/aromatic N) is 1. The number of allylic oxidation sites excluding steroid dienone is 1. The van der Waals surface area contributed by atoms with E-state index in [4.69, 9.17) is 5.11 Å². The van der Waals surface area contributed by atoms with Crippen molar-refractivity contribution >= 4 is 17.6 Å². The lowest BCUT2D eigenvalue weighted by atomic mass is 10.0. The number of fused-ring (bicyclic) bond motifs is 1. The number of halogens is 3. The number of amides is 1. The number of nitrogens with one attached hydrogen (secondary N) is 1. The summed E-state index contributed by atoms with van der Waals surface area (Å²) in [5.74, 6) is -1.36. The van der Waals surface area contributed by atoms with Gasteiger partial charge in [-0.2, -0.15) is 13.2 Å². The number of hydrogen-bond donors (Lipinski definition) is 2. The van der Waals surface area contributed by atoms with Crippen LogP contribution in [0, 0.1) is 0 Å². The minimum absolute atomic E-state index is 0.0609. The largest absolute Gasteiger partial charge is 0.478 e. The molecule has 1 amide bonds. The Kier molecular flexibility index (Phi) is 5.52. The maximum absolute atomic E-state index is 12.7. The van der Waals surface area contributed by atoms with Crippen LogP contribution in [0.5, 0.6) is 0 Å². The first-order chi connectivity index (χ1) is 15.2. The number of hydrogen-bond acceptors (Lipinski definition) is 3. The lowest BCUT2D eigenvalue weighted by Gasteiger charge is -2.11. The van der Waals surface area contributed by atoms with Gasteiger partial charge in [-0.25, -0.2) is 4.79 Å². The Balaban J connectivity index is 1.47. The van der Waals surface area contributed by atoms with Gasteiger partial charge in [0, 0.05) is 29.4 Å². The van der Waals surface area contributed by atoms with Crippen molar-refractivity contribution in [3.8, 4) is 11.1 Å². The second-order valence-electron chi connectivity index (χ2n) is 7.34. The van der Waals surface area contributed by atoms with Crippen LogP contribution in [0.3, 0.4) is 0 Å². The molecular weight excluding hydrogens is 421 g/mol. The van der Waals surface area contributed by atoms with Gasteiger partial charge in [-0.1, -0.05) is 30.3 Å². The minimum atomic E-state index is -4.42. The molecule has 0 bridgehead atoms. The zero-order valence-corrected chi connectivity index (χ0v) is 16.6. The summed E-state index contributed by atoms with van der Waals surface area (Å²) in [6, 6.07) is 12.8. The topological polar surface area (TPSA) is 79.3 Å². The fraction of sp³-hybridized carbons (Fsp3) is 0.125. The van der Waals surface area contributed by atoms with Crippen LogP contribution in [0.2, 0.25) is 0 Å². The third kappa shape index (κ3) is 4.54. The van der Waals surface area contributed by atoms with Gasteiger partial charge in [0.25, 0.3) is 0 Å². The highest BCUT2D eigenvalue weighted by Gasteiger charge is 2.30. The van der Waals surface area contributed by atoms with Crippen molar-refractivity contribution in [1.82, 2.24) is 10.3 Å². The first-order valence-corrected chi connectivity index (χ1v) is 9.70. The number of rotatable bonds is 5. The maximum atomic E-state index is 12.7. The first-order valence-electron chi connectivity index (χ1n) is 9.70. The summed E-state index contributed by atoms with van der Waals surface area (Å²) in [5.41, 5.74) is 3.58. The third-order valence-electron chi connectivity index (χ3n) is 5.15. The molecule has 3 aromatic rings. The van der Waals surface area contributed by atoms with Crippen molar-refractivity contribution in [3.63, 3.8) is 0 Å². The molecule has 5 nitrogen and oxygen atoms in total. The number of alkyl halides is 3. The number of benzene rings is 2. The third-order valence-corrected chi connectivity index (χ3v) is 5.15. The van der Waals surface area contributed by atoms with Crippen molar-refractivity contribution in [2.24, 2.45) is 0 Å². The molecule has 0 saturated carbocycles. The van der Waals surface area contributed by atoms with E-state index in [1.165, 1.54) is 24.3 Å². The fourth-order valence-corrected chi connectivity index (χ4v) is 3.47. The van der Waals surface area contributed by atoms with Crippen LogP contribution in [-0.4, -0.2) is 22.0 Å². The van der Waals surface area contributed by atoms with Crippen LogP contribution >= 0.6 is 0 Å². The lowest BCUT2D eigenvalue weighted by molar-refractivity contribution is -0.137. The molecule has 0 fully saturated rings. The van der Waals surface area contributed by atoms with E-state index < -0.39 is 17.7 Å². The van der Waals surface area contributed by atoms with E-state index in [2.05, 4.69) is 10.3 Å². The molecule has 4 rings (SSSR count). The zero-order chi connectivity index (χ0) is 22.9. The SMILES string of the molecule is O=C(Cc1ccc(C(F)(F)F)cc1)NC1=CCc2ncc(-c3ccc(C(=O)O)cc3)cc21. The molecule has 0 unspecified atom stereocenters. The molecule has 8 heteroatoms. The number of carbonyl (C=O) groups excluding carboxylic acids is 1. The van der Waals surface area contributed by atoms with Crippen molar-refractivity contribution in [3.05, 3.63) is 94.8 Å². The Morgan fingerprint density at radius 2 is 1.69 bits per heavy atom. The van der Waals surface area contributed by atoms with Crippen LogP contribution < -0.4 is 5.32 Å². The molecule has 2 aromatic carbocycles. The predicted octanol–water partition coefficient (Wildman–Crippen LogP) is 4.72. The highest BCUT2D eigenvalue weighted by atomic mass is 19.4. The van der Waals surface area contributed by atoms with Gasteiger partial charge in [0.05, 0.1) is 23.2 Å². The predicted molar refractivity (Wildman–Crippen MR) is 112 cm³/mol. The van der Waals surface area contributed by atoms with Gasteiger partial charge in [-0.05, 0) is 41.5 Å². The van der Waals surface area contributed by atoms with E-state index >= 15 is 0 Å². The van der Waals surface area contributed by atoms with Gasteiger partial charge in [-0.15, -0.1) is 0 Å². The molecule has 0 atom stereocenters. The van der Waals surface area contributed by atoms with E-state index in [1.54, 1.807) is 18.3 Å². The van der Waals surface area contributed by atoms with E-state index in [0.717, 1.165) is 34.5 Å². The average molecular weight is 438 g/mol. The second-order valence-corrected chi connectivity index (χ2v) is 7.34. The monoisotopic (exact) mass is 438 g/mol. The highest BCUT2D eigenvalue weighted by Crippen LogP contribution is 2.30. The Bertz CT molecular complexity index is 1210. The Morgan fingerprint density at radius 1 is 1.00 bits per heavy atom. The van der Waals surface area contributed by atoms with Gasteiger partial charge in [0.2, 0.25) is 5.91 Å². The number of carboxylic acids is 1. The number of aromatic nitrogens is 1. The Labute approximate surface area is 181 Å². The van der Waals surface area contributed by atoms with Crippen LogP contribution in [0.25, 0.3) is 16.8 Å². The van der Waals surface area contributed by atoms with Crippen LogP contribution in [0.4, 0.5) is 13.2 Å². The molecule has 162 valence electrons. The number of aromatic carboxylic acids is 1. The van der Waals surface area contributed by atoms with Crippen molar-refractivity contribution < 1.29 is 27.9 Å². The first kappa shape index (κ1) is 21.3. The van der Waals surface area contributed by atoms with E-state index in [9.17, 15) is 22.8 Å². The molecular formula is C24H17F3N2O3. The van der Waals surface area contributed by atoms with E-state index in [1.807, 2.05) is 12.1 Å². The van der Waals surface area contributed by atoms with Gasteiger partial charge >= 0.3 is 12.1 Å². The zero-order valence-electron chi connectivity index (χ0n) is 16.6. The Hall–Kier alpha value is -3.94. The fourth-order valence-electron chi connectivity index (χ4n) is 3.47. The summed E-state index contributed by atoms with van der Waals surface area (Å²) < 4.78 is 38.1. The van der Waals surface area contributed by atoms with Crippen molar-refractivity contribution in [2.45, 2.75) is 19.0 Å². The molecule has 32 heavy (non-hydrogen) atoms. The van der Waals surface area contributed by atoms with E-state index in [-0.39, 0.29) is 17.9 Å². The number of pyridine rings is 1. The van der Waals surface area contributed by atoms with Crippen LogP contribution in [-0.2, 0) is 23.8 Å². The van der Waals surface area contributed by atoms with Gasteiger partial charge in [-0.3, -0.25) is 9.78 Å². The molecule has 1 aromatic heterocycles. The van der Waals surface area contributed by atoms with Gasteiger partial charge < -0.3 is 10.4 Å². The van der Waals surface area contributed by atoms with Crippen LogP contribution in [0.15, 0.2) is 66.9 Å². The molecule has 0 spiro atoms. The number of carboxylic acid groups (broad SMARTS) is 1. The summed E-state index contributed by atoms with van der Waals surface area (Å²) in [5, 5.41) is 11.8. The summed E-state index contributed by atoms with van der Waals surface area (Å²) in [6.07, 6.45) is -0.412. The normalized spacial score (nSPS) is 12.8. The molecule has 0 radical (unpaired) electrons. The summed E-state index contributed by atoms with van der Waals surface area (Å²) in [4.78, 5) is 27.9. The summed E-state index contributed by atoms with van der Waals surface area (Å²) >= 11 is 0. The average Bonchev–Trinajstić information content (AvgIpc) is 3.15. The molecule has 0 aliphatic heterocycles. The molecule has 0 saturated heterocycles. The molecule has 1 heterocycles. The van der Waals surface area contributed by atoms with E-state index in [0.29, 0.717) is 17.7 Å². The lowest BCUT2D eigenvalue weighted by Crippen LogP contribution is -2.23.